The summed E-state index contributed by atoms with van der Waals surface area (Å²) in [4.78, 5) is 0. The number of hydrazone groups is 1. The fraction of sp³-hybridized carbons (Fsp3) is 0.188. The van der Waals surface area contributed by atoms with Crippen LogP contribution in [0.15, 0.2) is 59.7 Å². The van der Waals surface area contributed by atoms with Crippen molar-refractivity contribution in [1.82, 2.24) is 0 Å². The molecule has 0 bridgehead atoms. The van der Waals surface area contributed by atoms with Gasteiger partial charge in [-0.25, -0.2) is 0 Å². The molecule has 0 radical (unpaired) electrons. The number of fused-ring (bicyclic) bond motifs is 3. The van der Waals surface area contributed by atoms with Gasteiger partial charge in [0.25, 0.3) is 0 Å². The van der Waals surface area contributed by atoms with Crippen molar-refractivity contribution >= 4 is 11.9 Å². The minimum Gasteiger partial charge on any atom is -0.492 e. The molecule has 0 aliphatic carbocycles. The Labute approximate surface area is 112 Å². The van der Waals surface area contributed by atoms with Crippen molar-refractivity contribution in [1.29, 1.82) is 0 Å². The number of hydrogen-bond donors (Lipinski definition) is 0. The highest BCUT2D eigenvalue weighted by Gasteiger charge is 2.38. The maximum absolute atomic E-state index is 5.80. The van der Waals surface area contributed by atoms with E-state index in [9.17, 15) is 0 Å². The van der Waals surface area contributed by atoms with Gasteiger partial charge in [-0.15, -0.1) is 0 Å². The summed E-state index contributed by atoms with van der Waals surface area (Å²) >= 11 is 0. The maximum Gasteiger partial charge on any atom is 0.124 e. The van der Waals surface area contributed by atoms with E-state index < -0.39 is 0 Å². The largest absolute Gasteiger partial charge is 0.492 e. The number of benzene rings is 2. The van der Waals surface area contributed by atoms with Crippen LogP contribution in [0.1, 0.15) is 11.6 Å². The van der Waals surface area contributed by atoms with E-state index in [4.69, 9.17) is 4.74 Å². The average molecular weight is 250 g/mol. The third kappa shape index (κ3) is 1.62. The molecule has 0 N–H and O–H groups in total. The highest BCUT2D eigenvalue weighted by Crippen LogP contribution is 2.43. The summed E-state index contributed by atoms with van der Waals surface area (Å²) in [6, 6.07) is 18.8. The van der Waals surface area contributed by atoms with Crippen LogP contribution < -0.4 is 9.75 Å². The Hall–Kier alpha value is -2.29. The van der Waals surface area contributed by atoms with Crippen molar-refractivity contribution in [2.45, 2.75) is 6.04 Å². The van der Waals surface area contributed by atoms with Crippen LogP contribution >= 0.6 is 0 Å². The van der Waals surface area contributed by atoms with Crippen molar-refractivity contribution in [3.63, 3.8) is 0 Å². The second-order valence-corrected chi connectivity index (χ2v) is 4.90. The first-order valence-electron chi connectivity index (χ1n) is 6.53. The molecule has 3 nitrogen and oxygen atoms in total. The van der Waals surface area contributed by atoms with Gasteiger partial charge in [0.1, 0.15) is 5.75 Å². The van der Waals surface area contributed by atoms with E-state index in [0.29, 0.717) is 12.5 Å². The zero-order chi connectivity index (χ0) is 12.7. The number of rotatable bonds is 1. The molecule has 0 fully saturated rings. The summed E-state index contributed by atoms with van der Waals surface area (Å²) in [5, 5.41) is 6.68. The number of hydrogen-bond acceptors (Lipinski definition) is 3. The van der Waals surface area contributed by atoms with E-state index >= 15 is 0 Å². The Kier molecular flexibility index (Phi) is 2.30. The standard InChI is InChI=1S/C16H14N2O/c1-2-6-13(7-3-1)18-16-12(10-17-18)11-19-15-9-5-4-8-14(15)16/h1-10,12,16H,11H2/t12-,16-/m0/s1. The van der Waals surface area contributed by atoms with Gasteiger partial charge in [-0.1, -0.05) is 36.4 Å². The van der Waals surface area contributed by atoms with Gasteiger partial charge in [-0.2, -0.15) is 5.10 Å². The monoisotopic (exact) mass is 250 g/mol. The molecular weight excluding hydrogens is 236 g/mol. The van der Waals surface area contributed by atoms with Gasteiger partial charge in [-0.05, 0) is 18.2 Å². The molecule has 3 heteroatoms. The second kappa shape index (κ2) is 4.12. The molecular formula is C16H14N2O. The van der Waals surface area contributed by atoms with Gasteiger partial charge in [0, 0.05) is 11.8 Å². The quantitative estimate of drug-likeness (QED) is 0.776. The molecule has 2 heterocycles. The molecule has 0 spiro atoms. The number of ether oxygens (including phenoxy) is 1. The van der Waals surface area contributed by atoms with Crippen LogP contribution in [0.4, 0.5) is 5.69 Å². The number of para-hydroxylation sites is 2. The van der Waals surface area contributed by atoms with E-state index in [2.05, 4.69) is 34.4 Å². The van der Waals surface area contributed by atoms with Gasteiger partial charge in [0.05, 0.1) is 24.3 Å². The Morgan fingerprint density at radius 3 is 2.68 bits per heavy atom. The summed E-state index contributed by atoms with van der Waals surface area (Å²) in [5.74, 6) is 1.31. The van der Waals surface area contributed by atoms with Crippen LogP contribution in [-0.2, 0) is 0 Å². The fourth-order valence-corrected chi connectivity index (χ4v) is 2.84. The summed E-state index contributed by atoms with van der Waals surface area (Å²) in [7, 11) is 0. The van der Waals surface area contributed by atoms with Crippen molar-refractivity contribution in [3.8, 4) is 5.75 Å². The molecule has 94 valence electrons. The molecule has 0 saturated carbocycles. The average Bonchev–Trinajstić information content (AvgIpc) is 2.92. The summed E-state index contributed by atoms with van der Waals surface area (Å²) in [6.07, 6.45) is 2.01. The first-order valence-corrected chi connectivity index (χ1v) is 6.53. The van der Waals surface area contributed by atoms with Crippen LogP contribution in [0.3, 0.4) is 0 Å². The molecule has 0 unspecified atom stereocenters. The van der Waals surface area contributed by atoms with Crippen molar-refractivity contribution in [2.75, 3.05) is 11.6 Å². The van der Waals surface area contributed by atoms with Gasteiger partial charge in [0.15, 0.2) is 0 Å². The Morgan fingerprint density at radius 2 is 1.79 bits per heavy atom. The zero-order valence-electron chi connectivity index (χ0n) is 10.4. The smallest absolute Gasteiger partial charge is 0.124 e. The van der Waals surface area contributed by atoms with Crippen molar-refractivity contribution in [3.05, 3.63) is 60.2 Å². The minimum absolute atomic E-state index is 0.257. The lowest BCUT2D eigenvalue weighted by molar-refractivity contribution is 0.241. The third-order valence-electron chi connectivity index (χ3n) is 3.74. The van der Waals surface area contributed by atoms with E-state index in [-0.39, 0.29) is 6.04 Å². The predicted molar refractivity (Wildman–Crippen MR) is 75.6 cm³/mol. The van der Waals surface area contributed by atoms with E-state index in [1.165, 1.54) is 5.56 Å². The van der Waals surface area contributed by atoms with Crippen molar-refractivity contribution < 1.29 is 4.74 Å². The van der Waals surface area contributed by atoms with Crippen LogP contribution in [0.25, 0.3) is 0 Å². The lowest BCUT2D eigenvalue weighted by Crippen LogP contribution is -2.31. The van der Waals surface area contributed by atoms with E-state index in [0.717, 1.165) is 11.4 Å². The summed E-state index contributed by atoms with van der Waals surface area (Å²) in [6.45, 7) is 0.703. The molecule has 2 aliphatic rings. The van der Waals surface area contributed by atoms with Gasteiger partial charge >= 0.3 is 0 Å². The number of anilines is 1. The van der Waals surface area contributed by atoms with E-state index in [1.807, 2.05) is 36.5 Å². The second-order valence-electron chi connectivity index (χ2n) is 4.90. The van der Waals surface area contributed by atoms with Crippen LogP contribution in [-0.4, -0.2) is 12.8 Å². The lowest BCUT2D eigenvalue weighted by Gasteiger charge is -2.33. The third-order valence-corrected chi connectivity index (χ3v) is 3.74. The van der Waals surface area contributed by atoms with Crippen LogP contribution in [0.5, 0.6) is 5.75 Å². The van der Waals surface area contributed by atoms with Gasteiger partial charge < -0.3 is 4.74 Å². The van der Waals surface area contributed by atoms with Crippen LogP contribution in [0, 0.1) is 5.92 Å². The normalized spacial score (nSPS) is 23.7. The predicted octanol–water partition coefficient (Wildman–Crippen LogP) is 3.24. The molecule has 2 aromatic carbocycles. The summed E-state index contributed by atoms with van der Waals surface area (Å²) in [5.41, 5.74) is 2.35. The number of nitrogens with zero attached hydrogens (tertiary/aromatic N) is 2. The highest BCUT2D eigenvalue weighted by molar-refractivity contribution is 5.72. The van der Waals surface area contributed by atoms with Crippen LogP contribution in [0.2, 0.25) is 0 Å². The van der Waals surface area contributed by atoms with Gasteiger partial charge in [-0.3, -0.25) is 5.01 Å². The first kappa shape index (κ1) is 10.6. The topological polar surface area (TPSA) is 24.8 Å². The molecule has 2 aromatic rings. The molecule has 0 aromatic heterocycles. The Bertz CT molecular complexity index is 624. The zero-order valence-corrected chi connectivity index (χ0v) is 10.4. The lowest BCUT2D eigenvalue weighted by atomic mass is 9.92. The SMILES string of the molecule is C1=NN(c2ccccc2)[C@@H]2c3ccccc3OC[C@H]12. The molecule has 0 amide bonds. The van der Waals surface area contributed by atoms with Gasteiger partial charge in [0.2, 0.25) is 0 Å². The maximum atomic E-state index is 5.80. The fourth-order valence-electron chi connectivity index (χ4n) is 2.84. The molecule has 0 saturated heterocycles. The first-order chi connectivity index (χ1) is 9.43. The minimum atomic E-state index is 0.257. The molecule has 19 heavy (non-hydrogen) atoms. The van der Waals surface area contributed by atoms with Crippen molar-refractivity contribution in [2.24, 2.45) is 11.0 Å². The summed E-state index contributed by atoms with van der Waals surface area (Å²) < 4.78 is 5.80. The van der Waals surface area contributed by atoms with E-state index in [1.54, 1.807) is 0 Å². The molecule has 2 aliphatic heterocycles. The highest BCUT2D eigenvalue weighted by atomic mass is 16.5. The Balaban J connectivity index is 1.79. The Morgan fingerprint density at radius 1 is 1.00 bits per heavy atom. The molecule has 4 rings (SSSR count). The molecule has 2 atom stereocenters.